The van der Waals surface area contributed by atoms with Crippen LogP contribution in [-0.4, -0.2) is 37.2 Å². The Bertz CT molecular complexity index is 1470. The van der Waals surface area contributed by atoms with E-state index < -0.39 is 6.10 Å². The first-order chi connectivity index (χ1) is 41.0. The van der Waals surface area contributed by atoms with Crippen LogP contribution in [0.15, 0.2) is 60.8 Å². The van der Waals surface area contributed by atoms with Crippen molar-refractivity contribution >= 4 is 17.9 Å². The summed E-state index contributed by atoms with van der Waals surface area (Å²) in [5.41, 5.74) is 0. The zero-order chi connectivity index (χ0) is 59.9. The summed E-state index contributed by atoms with van der Waals surface area (Å²) in [5, 5.41) is 0. The third-order valence-electron chi connectivity index (χ3n) is 16.5. The number of esters is 3. The summed E-state index contributed by atoms with van der Waals surface area (Å²) in [5.74, 6) is -0.854. The quantitative estimate of drug-likeness (QED) is 0.0261. The molecule has 1 unspecified atom stereocenters. The lowest BCUT2D eigenvalue weighted by Gasteiger charge is -2.18. The molecular weight excluding hydrogens is 1020 g/mol. The lowest BCUT2D eigenvalue weighted by Crippen LogP contribution is -2.30. The van der Waals surface area contributed by atoms with E-state index in [0.717, 1.165) is 83.5 Å². The lowest BCUT2D eigenvalue weighted by molar-refractivity contribution is -0.167. The molecule has 484 valence electrons. The topological polar surface area (TPSA) is 78.9 Å². The molecule has 0 aliphatic heterocycles. The minimum atomic E-state index is -0.779. The molecule has 0 aromatic rings. The molecule has 0 fully saturated rings. The van der Waals surface area contributed by atoms with Gasteiger partial charge in [-0.1, -0.05) is 351 Å². The summed E-state index contributed by atoms with van der Waals surface area (Å²) in [6.45, 7) is 6.59. The molecule has 0 heterocycles. The number of carbonyl (C=O) groups excluding carboxylic acids is 3. The second kappa shape index (κ2) is 71.6. The first-order valence-corrected chi connectivity index (χ1v) is 36.8. The highest BCUT2D eigenvalue weighted by atomic mass is 16.6. The Kier molecular flexibility index (Phi) is 69.1. The van der Waals surface area contributed by atoms with E-state index in [2.05, 4.69) is 81.5 Å². The fourth-order valence-corrected chi connectivity index (χ4v) is 11.0. The lowest BCUT2D eigenvalue weighted by atomic mass is 10.0. The van der Waals surface area contributed by atoms with Gasteiger partial charge in [0.1, 0.15) is 13.2 Å². The monoisotopic (exact) mass is 1160 g/mol. The van der Waals surface area contributed by atoms with E-state index in [-0.39, 0.29) is 31.1 Å². The Balaban J connectivity index is 4.32. The van der Waals surface area contributed by atoms with Crippen molar-refractivity contribution in [3.63, 3.8) is 0 Å². The molecule has 0 rings (SSSR count). The van der Waals surface area contributed by atoms with Crippen molar-refractivity contribution in [2.45, 2.75) is 399 Å². The van der Waals surface area contributed by atoms with E-state index in [0.29, 0.717) is 19.3 Å². The van der Waals surface area contributed by atoms with Crippen LogP contribution < -0.4 is 0 Å². The van der Waals surface area contributed by atoms with Crippen LogP contribution in [0.5, 0.6) is 0 Å². The summed E-state index contributed by atoms with van der Waals surface area (Å²) in [7, 11) is 0. The number of unbranched alkanes of at least 4 members (excludes halogenated alkanes) is 47. The highest BCUT2D eigenvalue weighted by Gasteiger charge is 2.19. The number of carbonyl (C=O) groups is 3. The van der Waals surface area contributed by atoms with Crippen LogP contribution >= 0.6 is 0 Å². The number of hydrogen-bond donors (Lipinski definition) is 0. The third-order valence-corrected chi connectivity index (χ3v) is 16.5. The second-order valence-corrected chi connectivity index (χ2v) is 24.8. The molecule has 0 aliphatic rings. The van der Waals surface area contributed by atoms with Crippen LogP contribution in [0.3, 0.4) is 0 Å². The molecule has 1 atom stereocenters. The largest absolute Gasteiger partial charge is 0.462 e. The summed E-state index contributed by atoms with van der Waals surface area (Å²) in [4.78, 5) is 38.5. The Hall–Kier alpha value is -2.89. The maximum atomic E-state index is 13.0. The van der Waals surface area contributed by atoms with E-state index in [9.17, 15) is 14.4 Å². The maximum absolute atomic E-state index is 13.0. The molecule has 6 nitrogen and oxygen atoms in total. The average Bonchev–Trinajstić information content (AvgIpc) is 3.49. The minimum Gasteiger partial charge on any atom is -0.462 e. The first-order valence-electron chi connectivity index (χ1n) is 36.8. The molecule has 0 N–H and O–H groups in total. The standard InChI is InChI=1S/C77H140O6/c1-4-7-10-13-16-19-22-25-28-31-34-36-38-40-41-43-46-49-52-55-58-61-64-67-70-76(79)82-73-74(72-81-75(78)69-66-63-60-57-54-51-48-45-33-30-27-24-21-18-15-12-9-6-3)83-77(80)71-68-65-62-59-56-53-50-47-44-42-39-37-35-32-29-26-23-20-17-14-11-8-5-2/h8,11,17,20,26,29-30,33,35,37,74H,4-7,9-10,12-16,18-19,21-25,27-28,31-32,34,36,38-73H2,1-3H3/b11-8-,20-17-,29-26-,33-30-,37-35-. The van der Waals surface area contributed by atoms with Crippen molar-refractivity contribution < 1.29 is 28.6 Å². The Labute approximate surface area is 517 Å². The molecule has 0 aliphatic carbocycles. The molecule has 0 saturated heterocycles. The third kappa shape index (κ3) is 69.8. The van der Waals surface area contributed by atoms with Crippen molar-refractivity contribution in [2.24, 2.45) is 0 Å². The molecule has 0 amide bonds. The first kappa shape index (κ1) is 80.1. The highest BCUT2D eigenvalue weighted by Crippen LogP contribution is 2.19. The molecule has 0 saturated carbocycles. The van der Waals surface area contributed by atoms with Gasteiger partial charge in [0.2, 0.25) is 0 Å². The zero-order valence-electron chi connectivity index (χ0n) is 55.7. The van der Waals surface area contributed by atoms with Gasteiger partial charge in [-0.15, -0.1) is 0 Å². The molecule has 83 heavy (non-hydrogen) atoms. The molecule has 0 spiro atoms. The van der Waals surface area contributed by atoms with Gasteiger partial charge in [-0.05, 0) is 83.5 Å². The Morgan fingerprint density at radius 1 is 0.253 bits per heavy atom. The van der Waals surface area contributed by atoms with Gasteiger partial charge in [-0.25, -0.2) is 0 Å². The van der Waals surface area contributed by atoms with Crippen molar-refractivity contribution in [3.05, 3.63) is 60.8 Å². The summed E-state index contributed by atoms with van der Waals surface area (Å²) in [6.07, 6.45) is 92.5. The van der Waals surface area contributed by atoms with Gasteiger partial charge >= 0.3 is 17.9 Å². The molecule has 6 heteroatoms. The molecule has 0 bridgehead atoms. The minimum absolute atomic E-state index is 0.0727. The zero-order valence-corrected chi connectivity index (χ0v) is 55.7. The molecule has 0 radical (unpaired) electrons. The van der Waals surface area contributed by atoms with Crippen molar-refractivity contribution in [1.29, 1.82) is 0 Å². The second-order valence-electron chi connectivity index (χ2n) is 24.8. The Morgan fingerprint density at radius 3 is 0.747 bits per heavy atom. The summed E-state index contributed by atoms with van der Waals surface area (Å²) in [6, 6.07) is 0. The number of ether oxygens (including phenoxy) is 3. The number of hydrogen-bond acceptors (Lipinski definition) is 6. The molecular formula is C77H140O6. The number of rotatable bonds is 68. The maximum Gasteiger partial charge on any atom is 0.306 e. The van der Waals surface area contributed by atoms with Crippen LogP contribution in [0.2, 0.25) is 0 Å². The van der Waals surface area contributed by atoms with Gasteiger partial charge in [-0.2, -0.15) is 0 Å². The predicted molar refractivity (Wildman–Crippen MR) is 362 cm³/mol. The van der Waals surface area contributed by atoms with E-state index in [1.807, 2.05) is 0 Å². The van der Waals surface area contributed by atoms with Gasteiger partial charge in [0, 0.05) is 19.3 Å². The van der Waals surface area contributed by atoms with Gasteiger partial charge in [0.25, 0.3) is 0 Å². The van der Waals surface area contributed by atoms with Crippen molar-refractivity contribution in [2.75, 3.05) is 13.2 Å². The predicted octanol–water partition coefficient (Wildman–Crippen LogP) is 25.5. The molecule has 0 aromatic heterocycles. The van der Waals surface area contributed by atoms with Crippen LogP contribution in [0.4, 0.5) is 0 Å². The van der Waals surface area contributed by atoms with Gasteiger partial charge < -0.3 is 14.2 Å². The van der Waals surface area contributed by atoms with E-state index in [1.165, 1.54) is 270 Å². The normalized spacial score (nSPS) is 12.4. The summed E-state index contributed by atoms with van der Waals surface area (Å²) >= 11 is 0. The van der Waals surface area contributed by atoms with Gasteiger partial charge in [0.05, 0.1) is 0 Å². The van der Waals surface area contributed by atoms with E-state index in [1.54, 1.807) is 0 Å². The van der Waals surface area contributed by atoms with E-state index in [4.69, 9.17) is 14.2 Å². The van der Waals surface area contributed by atoms with Crippen molar-refractivity contribution in [1.82, 2.24) is 0 Å². The van der Waals surface area contributed by atoms with Crippen LogP contribution in [0, 0.1) is 0 Å². The van der Waals surface area contributed by atoms with Gasteiger partial charge in [-0.3, -0.25) is 14.4 Å². The SMILES string of the molecule is CC/C=C\C/C=C\C/C=C\C/C=C\CCCCCCCCCCCCC(=O)OC(COC(=O)CCCCCCCCC/C=C\CCCCCCCCC)COC(=O)CCCCCCCCCCCCCCCCCCCCCCCCCC. The number of allylic oxidation sites excluding steroid dienone is 10. The molecule has 0 aromatic carbocycles. The van der Waals surface area contributed by atoms with Gasteiger partial charge in [0.15, 0.2) is 6.10 Å². The fraction of sp³-hybridized carbons (Fsp3) is 0.831. The van der Waals surface area contributed by atoms with Crippen LogP contribution in [-0.2, 0) is 28.6 Å². The van der Waals surface area contributed by atoms with Crippen LogP contribution in [0.1, 0.15) is 393 Å². The van der Waals surface area contributed by atoms with Crippen LogP contribution in [0.25, 0.3) is 0 Å². The van der Waals surface area contributed by atoms with Crippen molar-refractivity contribution in [3.8, 4) is 0 Å². The fourth-order valence-electron chi connectivity index (χ4n) is 11.0. The smallest absolute Gasteiger partial charge is 0.306 e. The van der Waals surface area contributed by atoms with E-state index >= 15 is 0 Å². The highest BCUT2D eigenvalue weighted by molar-refractivity contribution is 5.71. The summed E-state index contributed by atoms with van der Waals surface area (Å²) < 4.78 is 17.0. The average molecular weight is 1160 g/mol. The Morgan fingerprint density at radius 2 is 0.470 bits per heavy atom.